The molecule has 8 aromatic rings. The summed E-state index contributed by atoms with van der Waals surface area (Å²) < 4.78 is 74.1. The number of fused-ring (bicyclic) bond motifs is 4. The van der Waals surface area contributed by atoms with Gasteiger partial charge in [0.25, 0.3) is 0 Å². The number of hydrogen-bond acceptors (Lipinski definition) is 1. The van der Waals surface area contributed by atoms with Crippen molar-refractivity contribution in [3.8, 4) is 27.9 Å². The summed E-state index contributed by atoms with van der Waals surface area (Å²) in [6.07, 6.45) is 0. The van der Waals surface area contributed by atoms with E-state index in [1.165, 1.54) is 0 Å². The third-order valence-corrected chi connectivity index (χ3v) is 7.56. The number of imidazole rings is 1. The van der Waals surface area contributed by atoms with Crippen molar-refractivity contribution >= 4 is 43.4 Å². The quantitative estimate of drug-likeness (QED) is 0.213. The Morgan fingerprint density at radius 1 is 0.600 bits per heavy atom. The molecular formula is C38H26N2. The highest BCUT2D eigenvalue weighted by atomic mass is 15.1. The lowest BCUT2D eigenvalue weighted by Crippen LogP contribution is -2.00. The second-order valence-corrected chi connectivity index (χ2v) is 9.81. The summed E-state index contributed by atoms with van der Waals surface area (Å²) in [6.45, 7) is 1.88. The lowest BCUT2D eigenvalue weighted by atomic mass is 9.85. The highest BCUT2D eigenvalue weighted by Crippen LogP contribution is 2.45. The largest absolute Gasteiger partial charge is 0.296 e. The summed E-state index contributed by atoms with van der Waals surface area (Å²) in [5.41, 5.74) is 4.01. The van der Waals surface area contributed by atoms with E-state index < -0.39 is 24.2 Å². The number of rotatable bonds is 3. The van der Waals surface area contributed by atoms with Gasteiger partial charge in [-0.05, 0) is 80.2 Å². The summed E-state index contributed by atoms with van der Waals surface area (Å²) in [5.74, 6) is 0.689. The van der Waals surface area contributed by atoms with Crippen LogP contribution in [0.1, 0.15) is 16.8 Å². The van der Waals surface area contributed by atoms with Crippen LogP contribution >= 0.6 is 0 Å². The maximum absolute atomic E-state index is 9.32. The van der Waals surface area contributed by atoms with Crippen LogP contribution in [0.15, 0.2) is 139 Å². The number of benzene rings is 7. The second kappa shape index (κ2) is 8.93. The minimum atomic E-state index is -0.430. The Kier molecular flexibility index (Phi) is 3.58. The van der Waals surface area contributed by atoms with Crippen LogP contribution in [0.3, 0.4) is 0 Å². The lowest BCUT2D eigenvalue weighted by molar-refractivity contribution is 1.00. The fourth-order valence-electron chi connectivity index (χ4n) is 5.86. The fraction of sp³-hybridized carbons (Fsp3) is 0.0263. The van der Waals surface area contributed by atoms with E-state index in [1.807, 2.05) is 102 Å². The monoisotopic (exact) mass is 518 g/mol. The summed E-state index contributed by atoms with van der Waals surface area (Å²) in [5, 5.41) is 2.58. The van der Waals surface area contributed by atoms with E-state index in [9.17, 15) is 5.48 Å². The van der Waals surface area contributed by atoms with Gasteiger partial charge in [0.1, 0.15) is 5.82 Å². The van der Waals surface area contributed by atoms with E-state index in [0.29, 0.717) is 33.8 Å². The van der Waals surface area contributed by atoms with Gasteiger partial charge in [-0.15, -0.1) is 0 Å². The van der Waals surface area contributed by atoms with E-state index in [1.54, 1.807) is 0 Å². The normalized spacial score (nSPS) is 14.4. The molecule has 0 atom stereocenters. The molecule has 2 heteroatoms. The molecule has 0 amide bonds. The lowest BCUT2D eigenvalue weighted by Gasteiger charge is -2.20. The molecule has 0 aliphatic carbocycles. The van der Waals surface area contributed by atoms with Crippen molar-refractivity contribution in [2.24, 2.45) is 0 Å². The van der Waals surface area contributed by atoms with E-state index in [0.717, 1.165) is 21.8 Å². The predicted molar refractivity (Wildman–Crippen MR) is 169 cm³/mol. The van der Waals surface area contributed by atoms with Crippen molar-refractivity contribution in [3.63, 3.8) is 0 Å². The van der Waals surface area contributed by atoms with Crippen LogP contribution in [0.2, 0.25) is 0 Å². The van der Waals surface area contributed by atoms with Crippen molar-refractivity contribution in [2.75, 3.05) is 0 Å². The zero-order valence-corrected chi connectivity index (χ0v) is 21.6. The molecular weight excluding hydrogens is 484 g/mol. The van der Waals surface area contributed by atoms with Gasteiger partial charge in [0.15, 0.2) is 0 Å². The molecule has 0 saturated carbocycles. The first kappa shape index (κ1) is 16.0. The molecule has 0 bridgehead atoms. The van der Waals surface area contributed by atoms with Gasteiger partial charge in [0.2, 0.25) is 0 Å². The Morgan fingerprint density at radius 3 is 1.95 bits per heavy atom. The van der Waals surface area contributed by atoms with Gasteiger partial charge in [-0.1, -0.05) is 115 Å². The highest BCUT2D eigenvalue weighted by Gasteiger charge is 2.20. The average molecular weight is 519 g/mol. The first-order valence-corrected chi connectivity index (χ1v) is 13.1. The van der Waals surface area contributed by atoms with Gasteiger partial charge in [0.05, 0.1) is 27.7 Å². The Labute approximate surface area is 244 Å². The van der Waals surface area contributed by atoms with E-state index >= 15 is 0 Å². The standard InChI is InChI=1S/C38H26N2/c1-25-39-34-19-9-11-21-36(34)40(25)35-20-10-8-18-33(35)38-31-16-6-4-14-29(31)37(30-15-5-7-17-32(30)38)28-23-22-26-12-2-3-13-27(26)24-28/h2-24H,1H3/i4D,5D,6D,7D,14D,15D,16D,17D. The highest BCUT2D eigenvalue weighted by molar-refractivity contribution is 6.22. The molecule has 7 aromatic carbocycles. The number of nitrogens with zero attached hydrogens (tertiary/aromatic N) is 2. The Morgan fingerprint density at radius 2 is 1.20 bits per heavy atom. The molecule has 0 aliphatic heterocycles. The molecule has 0 unspecified atom stereocenters. The molecule has 0 N–H and O–H groups in total. The van der Waals surface area contributed by atoms with Crippen LogP contribution in [-0.2, 0) is 0 Å². The molecule has 1 heterocycles. The van der Waals surface area contributed by atoms with Crippen molar-refractivity contribution < 1.29 is 11.0 Å². The molecule has 0 spiro atoms. The molecule has 188 valence electrons. The van der Waals surface area contributed by atoms with Crippen LogP contribution < -0.4 is 0 Å². The summed E-state index contributed by atoms with van der Waals surface area (Å²) >= 11 is 0. The number of para-hydroxylation sites is 3. The van der Waals surface area contributed by atoms with Crippen LogP contribution in [0.4, 0.5) is 0 Å². The summed E-state index contributed by atoms with van der Waals surface area (Å²) in [6, 6.07) is 25.6. The first-order chi connectivity index (χ1) is 23.1. The van der Waals surface area contributed by atoms with Crippen molar-refractivity contribution in [3.05, 3.63) is 145 Å². The average Bonchev–Trinajstić information content (AvgIpc) is 3.45. The minimum Gasteiger partial charge on any atom is -0.296 e. The Bertz CT molecular complexity index is 2600. The van der Waals surface area contributed by atoms with E-state index in [4.69, 9.17) is 10.5 Å². The minimum absolute atomic E-state index is 0.177. The molecule has 8 rings (SSSR count). The molecule has 0 fully saturated rings. The first-order valence-electron chi connectivity index (χ1n) is 17.1. The zero-order valence-electron chi connectivity index (χ0n) is 29.6. The van der Waals surface area contributed by atoms with Crippen LogP contribution in [0, 0.1) is 6.92 Å². The molecule has 2 nitrogen and oxygen atoms in total. The topological polar surface area (TPSA) is 17.8 Å². The van der Waals surface area contributed by atoms with Crippen molar-refractivity contribution in [2.45, 2.75) is 6.92 Å². The van der Waals surface area contributed by atoms with E-state index in [2.05, 4.69) is 0 Å². The molecule has 40 heavy (non-hydrogen) atoms. The number of aryl methyl sites for hydroxylation is 1. The SMILES string of the molecule is [2H]c1c([2H])c([2H])c2c(-c3ccccc3-n3c(C)nc4ccccc43)c3c([2H])c([2H])c([2H])c([2H])c3c(-c3ccc4ccccc4c3)c2c1[2H]. The van der Waals surface area contributed by atoms with Crippen molar-refractivity contribution in [1.82, 2.24) is 9.55 Å². The van der Waals surface area contributed by atoms with Gasteiger partial charge in [-0.3, -0.25) is 4.57 Å². The third-order valence-electron chi connectivity index (χ3n) is 7.56. The van der Waals surface area contributed by atoms with Gasteiger partial charge in [-0.25, -0.2) is 4.98 Å². The van der Waals surface area contributed by atoms with Crippen molar-refractivity contribution in [1.29, 1.82) is 0 Å². The third kappa shape index (κ3) is 3.40. The van der Waals surface area contributed by atoms with Gasteiger partial charge in [0, 0.05) is 5.56 Å². The zero-order chi connectivity index (χ0) is 33.6. The number of aromatic nitrogens is 2. The molecule has 0 saturated heterocycles. The van der Waals surface area contributed by atoms with Gasteiger partial charge < -0.3 is 0 Å². The maximum Gasteiger partial charge on any atom is 0.111 e. The predicted octanol–water partition coefficient (Wildman–Crippen LogP) is 10.1. The molecule has 0 radical (unpaired) electrons. The summed E-state index contributed by atoms with van der Waals surface area (Å²) in [7, 11) is 0. The fourth-order valence-corrected chi connectivity index (χ4v) is 5.86. The van der Waals surface area contributed by atoms with E-state index in [-0.39, 0.29) is 45.7 Å². The smallest absolute Gasteiger partial charge is 0.111 e. The van der Waals surface area contributed by atoms with Gasteiger partial charge >= 0.3 is 0 Å². The second-order valence-electron chi connectivity index (χ2n) is 9.81. The van der Waals surface area contributed by atoms with Crippen LogP contribution in [0.5, 0.6) is 0 Å². The molecule has 1 aromatic heterocycles. The van der Waals surface area contributed by atoms with Crippen LogP contribution in [0.25, 0.3) is 71.3 Å². The molecule has 0 aliphatic rings. The number of hydrogen-bond donors (Lipinski definition) is 0. The Balaban J connectivity index is 1.67. The maximum atomic E-state index is 9.32. The van der Waals surface area contributed by atoms with Crippen LogP contribution in [-0.4, -0.2) is 9.55 Å². The van der Waals surface area contributed by atoms with Gasteiger partial charge in [-0.2, -0.15) is 0 Å². The summed E-state index contributed by atoms with van der Waals surface area (Å²) in [4.78, 5) is 4.76. The Hall–Kier alpha value is -5.21.